The number of piperidine rings is 1. The highest BCUT2D eigenvalue weighted by Gasteiger charge is 2.16. The van der Waals surface area contributed by atoms with Crippen LogP contribution >= 0.6 is 24.0 Å². The maximum Gasteiger partial charge on any atom is 0.190 e. The minimum absolute atomic E-state index is 0. The third-order valence-electron chi connectivity index (χ3n) is 4.20. The van der Waals surface area contributed by atoms with E-state index in [0.29, 0.717) is 13.2 Å². The molecule has 0 amide bonds. The molecule has 0 atom stereocenters. The number of rotatable bonds is 8. The smallest absolute Gasteiger partial charge is 0.190 e. The second-order valence-corrected chi connectivity index (χ2v) is 6.11. The molecule has 0 bridgehead atoms. The second-order valence-electron chi connectivity index (χ2n) is 6.11. The maximum atomic E-state index is 5.56. The first kappa shape index (κ1) is 21.2. The zero-order chi connectivity index (χ0) is 16.3. The number of hydrogen-bond donors (Lipinski definition) is 2. The van der Waals surface area contributed by atoms with E-state index < -0.39 is 0 Å². The zero-order valence-corrected chi connectivity index (χ0v) is 17.1. The number of nitrogens with one attached hydrogen (secondary N) is 2. The summed E-state index contributed by atoms with van der Waals surface area (Å²) in [6.45, 7) is 5.50. The van der Waals surface area contributed by atoms with E-state index in [-0.39, 0.29) is 24.0 Å². The molecule has 24 heavy (non-hydrogen) atoms. The van der Waals surface area contributed by atoms with E-state index in [4.69, 9.17) is 9.15 Å². The molecule has 1 aliphatic heterocycles. The number of ether oxygens (including phenoxy) is 1. The fraction of sp³-hybridized carbons (Fsp3) is 0.706. The van der Waals surface area contributed by atoms with Crippen LogP contribution < -0.4 is 10.6 Å². The summed E-state index contributed by atoms with van der Waals surface area (Å²) in [4.78, 5) is 6.67. The Balaban J connectivity index is 0.00000288. The molecule has 1 aromatic heterocycles. The van der Waals surface area contributed by atoms with Crippen LogP contribution in [0.1, 0.15) is 25.0 Å². The maximum absolute atomic E-state index is 5.56. The van der Waals surface area contributed by atoms with Crippen molar-refractivity contribution in [2.45, 2.75) is 25.9 Å². The van der Waals surface area contributed by atoms with Crippen molar-refractivity contribution in [1.29, 1.82) is 0 Å². The summed E-state index contributed by atoms with van der Waals surface area (Å²) in [7, 11) is 4.01. The minimum atomic E-state index is 0. The molecule has 0 radical (unpaired) electrons. The molecule has 1 aliphatic rings. The van der Waals surface area contributed by atoms with Crippen molar-refractivity contribution in [3.05, 3.63) is 24.2 Å². The highest BCUT2D eigenvalue weighted by atomic mass is 127. The van der Waals surface area contributed by atoms with Crippen LogP contribution in [-0.2, 0) is 11.3 Å². The van der Waals surface area contributed by atoms with Gasteiger partial charge in [0, 0.05) is 26.7 Å². The first-order valence-corrected chi connectivity index (χ1v) is 8.51. The van der Waals surface area contributed by atoms with Gasteiger partial charge in [-0.3, -0.25) is 4.99 Å². The molecule has 2 rings (SSSR count). The summed E-state index contributed by atoms with van der Waals surface area (Å²) in [6.07, 6.45) is 5.14. The third-order valence-corrected chi connectivity index (χ3v) is 4.20. The van der Waals surface area contributed by atoms with Gasteiger partial charge in [0.25, 0.3) is 0 Å². The molecule has 0 aliphatic carbocycles. The van der Waals surface area contributed by atoms with Crippen molar-refractivity contribution in [2.75, 3.05) is 46.9 Å². The Morgan fingerprint density at radius 1 is 1.38 bits per heavy atom. The summed E-state index contributed by atoms with van der Waals surface area (Å²) in [5.74, 6) is 2.50. The standard InChI is InChI=1S/C17H30N4O2.HI/c1-18-17(20-13-15-6-9-21(2)10-7-15)19-8-4-11-22-14-16-5-3-12-23-16;/h3,5,12,15H,4,6-11,13-14H2,1-2H3,(H2,18,19,20);1H. The Morgan fingerprint density at radius 2 is 2.17 bits per heavy atom. The largest absolute Gasteiger partial charge is 0.467 e. The average Bonchev–Trinajstić information content (AvgIpc) is 3.08. The predicted molar refractivity (Wildman–Crippen MR) is 108 cm³/mol. The number of nitrogens with zero attached hydrogens (tertiary/aromatic N) is 2. The van der Waals surface area contributed by atoms with E-state index in [9.17, 15) is 0 Å². The SMILES string of the molecule is CN=C(NCCCOCc1ccco1)NCC1CCN(C)CC1.I. The molecular weight excluding hydrogens is 419 g/mol. The summed E-state index contributed by atoms with van der Waals surface area (Å²) >= 11 is 0. The number of guanidine groups is 1. The molecule has 0 saturated carbocycles. The van der Waals surface area contributed by atoms with Crippen molar-refractivity contribution in [3.8, 4) is 0 Å². The number of furan rings is 1. The monoisotopic (exact) mass is 450 g/mol. The van der Waals surface area contributed by atoms with Crippen molar-refractivity contribution in [3.63, 3.8) is 0 Å². The molecule has 1 aromatic rings. The normalized spacial score (nSPS) is 16.7. The molecular formula is C17H31IN4O2. The van der Waals surface area contributed by atoms with E-state index >= 15 is 0 Å². The Bertz CT molecular complexity index is 445. The lowest BCUT2D eigenvalue weighted by atomic mass is 9.97. The van der Waals surface area contributed by atoms with E-state index in [0.717, 1.165) is 37.1 Å². The van der Waals surface area contributed by atoms with Gasteiger partial charge in [-0.2, -0.15) is 0 Å². The van der Waals surface area contributed by atoms with Gasteiger partial charge in [0.1, 0.15) is 12.4 Å². The molecule has 0 unspecified atom stereocenters. The van der Waals surface area contributed by atoms with Crippen molar-refractivity contribution in [1.82, 2.24) is 15.5 Å². The second kappa shape index (κ2) is 12.5. The van der Waals surface area contributed by atoms with Gasteiger partial charge in [-0.15, -0.1) is 24.0 Å². The lowest BCUT2D eigenvalue weighted by Gasteiger charge is -2.29. The third kappa shape index (κ3) is 8.34. The van der Waals surface area contributed by atoms with Crippen LogP contribution in [0.15, 0.2) is 27.8 Å². The first-order valence-electron chi connectivity index (χ1n) is 8.51. The Hall–Kier alpha value is -0.800. The van der Waals surface area contributed by atoms with Crippen molar-refractivity contribution >= 4 is 29.9 Å². The van der Waals surface area contributed by atoms with Gasteiger partial charge in [-0.25, -0.2) is 0 Å². The van der Waals surface area contributed by atoms with Gasteiger partial charge in [0.2, 0.25) is 0 Å². The number of aliphatic imine (C=N–C) groups is 1. The van der Waals surface area contributed by atoms with Crippen LogP contribution in [0.3, 0.4) is 0 Å². The fourth-order valence-corrected chi connectivity index (χ4v) is 2.68. The van der Waals surface area contributed by atoms with Crippen molar-refractivity contribution < 1.29 is 9.15 Å². The van der Waals surface area contributed by atoms with Gasteiger partial charge >= 0.3 is 0 Å². The van der Waals surface area contributed by atoms with E-state index in [1.54, 1.807) is 6.26 Å². The Labute approximate surface area is 162 Å². The lowest BCUT2D eigenvalue weighted by molar-refractivity contribution is 0.105. The molecule has 1 saturated heterocycles. The van der Waals surface area contributed by atoms with Crippen LogP contribution in [0.25, 0.3) is 0 Å². The van der Waals surface area contributed by atoms with Gasteiger partial charge in [-0.1, -0.05) is 0 Å². The van der Waals surface area contributed by atoms with Crippen LogP contribution in [0, 0.1) is 5.92 Å². The summed E-state index contributed by atoms with van der Waals surface area (Å²) in [5, 5.41) is 6.77. The fourth-order valence-electron chi connectivity index (χ4n) is 2.68. The number of halogens is 1. The molecule has 7 heteroatoms. The number of hydrogen-bond acceptors (Lipinski definition) is 4. The van der Waals surface area contributed by atoms with Gasteiger partial charge in [-0.05, 0) is 57.5 Å². The molecule has 6 nitrogen and oxygen atoms in total. The molecule has 138 valence electrons. The summed E-state index contributed by atoms with van der Waals surface area (Å²) in [6, 6.07) is 3.80. The minimum Gasteiger partial charge on any atom is -0.467 e. The van der Waals surface area contributed by atoms with Crippen LogP contribution in [0.2, 0.25) is 0 Å². The predicted octanol–water partition coefficient (Wildman–Crippen LogP) is 2.31. The highest BCUT2D eigenvalue weighted by molar-refractivity contribution is 14.0. The summed E-state index contributed by atoms with van der Waals surface area (Å²) in [5.41, 5.74) is 0. The van der Waals surface area contributed by atoms with Gasteiger partial charge < -0.3 is 24.7 Å². The molecule has 0 aromatic carbocycles. The Kier molecular flexibility index (Phi) is 11.1. The van der Waals surface area contributed by atoms with Crippen molar-refractivity contribution in [2.24, 2.45) is 10.9 Å². The van der Waals surface area contributed by atoms with E-state index in [1.165, 1.54) is 25.9 Å². The highest BCUT2D eigenvalue weighted by Crippen LogP contribution is 2.14. The van der Waals surface area contributed by atoms with Crippen LogP contribution in [0.4, 0.5) is 0 Å². The van der Waals surface area contributed by atoms with E-state index in [2.05, 4.69) is 27.6 Å². The quantitative estimate of drug-likeness (QED) is 0.276. The zero-order valence-electron chi connectivity index (χ0n) is 14.8. The molecule has 0 spiro atoms. The van der Waals surface area contributed by atoms with Crippen LogP contribution in [-0.4, -0.2) is 57.7 Å². The molecule has 2 N–H and O–H groups in total. The average molecular weight is 450 g/mol. The summed E-state index contributed by atoms with van der Waals surface area (Å²) < 4.78 is 10.8. The topological polar surface area (TPSA) is 62.0 Å². The molecule has 1 fully saturated rings. The van der Waals surface area contributed by atoms with E-state index in [1.807, 2.05) is 19.2 Å². The lowest BCUT2D eigenvalue weighted by Crippen LogP contribution is -2.42. The number of likely N-dealkylation sites (tertiary alicyclic amines) is 1. The van der Waals surface area contributed by atoms with Crippen LogP contribution in [0.5, 0.6) is 0 Å². The first-order chi connectivity index (χ1) is 11.3. The molecule has 2 heterocycles. The van der Waals surface area contributed by atoms with Gasteiger partial charge in [0.15, 0.2) is 5.96 Å². The van der Waals surface area contributed by atoms with Gasteiger partial charge in [0.05, 0.1) is 6.26 Å². The Morgan fingerprint density at radius 3 is 2.83 bits per heavy atom.